The molecule has 16 heavy (non-hydrogen) atoms. The summed E-state index contributed by atoms with van der Waals surface area (Å²) in [6.07, 6.45) is 0. The smallest absolute Gasteiger partial charge is 0.117 e. The van der Waals surface area contributed by atoms with Gasteiger partial charge in [0.15, 0.2) is 0 Å². The fourth-order valence-electron chi connectivity index (χ4n) is 1.45. The van der Waals surface area contributed by atoms with Gasteiger partial charge in [0.05, 0.1) is 0 Å². The first-order chi connectivity index (χ1) is 7.65. The summed E-state index contributed by atoms with van der Waals surface area (Å²) in [5.74, 6) is 0. The Kier molecular flexibility index (Phi) is 3.70. The van der Waals surface area contributed by atoms with Crippen molar-refractivity contribution in [2.24, 2.45) is 5.73 Å². The largest absolute Gasteiger partial charge is 0.319 e. The van der Waals surface area contributed by atoms with Gasteiger partial charge in [-0.1, -0.05) is 28.1 Å². The lowest BCUT2D eigenvalue weighted by molar-refractivity contribution is 0.768. The zero-order valence-electron chi connectivity index (χ0n) is 8.44. The fraction of sp³-hybridized carbons (Fsp3) is 0.0909. The van der Waals surface area contributed by atoms with Gasteiger partial charge in [-0.2, -0.15) is 0 Å². The van der Waals surface area contributed by atoms with Crippen LogP contribution < -0.4 is 16.6 Å². The molecular weight excluding hydrogens is 286 g/mol. The highest BCUT2D eigenvalue weighted by atomic mass is 79.9. The molecule has 0 aromatic heterocycles. The van der Waals surface area contributed by atoms with Crippen molar-refractivity contribution in [2.75, 3.05) is 5.43 Å². The molecule has 2 rings (SSSR count). The van der Waals surface area contributed by atoms with Crippen LogP contribution >= 0.6 is 28.6 Å². The van der Waals surface area contributed by atoms with Gasteiger partial charge in [0, 0.05) is 10.2 Å². The van der Waals surface area contributed by atoms with Crippen LogP contribution in [0.25, 0.3) is 10.8 Å². The zero-order chi connectivity index (χ0) is 11.5. The van der Waals surface area contributed by atoms with Crippen molar-refractivity contribution in [3.8, 4) is 0 Å². The van der Waals surface area contributed by atoms with Crippen molar-refractivity contribution in [1.29, 1.82) is 0 Å². The number of thiol groups is 1. The predicted molar refractivity (Wildman–Crippen MR) is 75.4 cm³/mol. The summed E-state index contributed by atoms with van der Waals surface area (Å²) in [6.45, 7) is 0. The van der Waals surface area contributed by atoms with E-state index in [4.69, 9.17) is 5.73 Å². The molecule has 4 N–H and O–H groups in total. The Hall–Kier alpha value is -0.750. The van der Waals surface area contributed by atoms with Gasteiger partial charge in [0.2, 0.25) is 0 Å². The Balaban J connectivity index is 2.28. The average Bonchev–Trinajstić information content (AvgIpc) is 2.25. The third kappa shape index (κ3) is 2.89. The molecule has 0 spiro atoms. The van der Waals surface area contributed by atoms with Gasteiger partial charge in [-0.05, 0) is 35.0 Å². The summed E-state index contributed by atoms with van der Waals surface area (Å²) in [4.78, 5) is 0. The Morgan fingerprint density at radius 2 is 1.88 bits per heavy atom. The van der Waals surface area contributed by atoms with Crippen LogP contribution in [0.2, 0.25) is 0 Å². The Labute approximate surface area is 108 Å². The molecule has 2 aromatic rings. The molecule has 84 valence electrons. The van der Waals surface area contributed by atoms with E-state index < -0.39 is 5.50 Å². The maximum atomic E-state index is 5.46. The topological polar surface area (TPSA) is 50.1 Å². The average molecular weight is 298 g/mol. The molecule has 0 amide bonds. The second-order valence-electron chi connectivity index (χ2n) is 3.42. The summed E-state index contributed by atoms with van der Waals surface area (Å²) in [7, 11) is 0. The third-order valence-electron chi connectivity index (χ3n) is 2.17. The number of anilines is 1. The van der Waals surface area contributed by atoms with Gasteiger partial charge >= 0.3 is 0 Å². The van der Waals surface area contributed by atoms with E-state index in [1.165, 1.54) is 5.39 Å². The van der Waals surface area contributed by atoms with Crippen LogP contribution in [0.5, 0.6) is 0 Å². The van der Waals surface area contributed by atoms with E-state index in [0.29, 0.717) is 0 Å². The van der Waals surface area contributed by atoms with Gasteiger partial charge in [-0.3, -0.25) is 0 Å². The monoisotopic (exact) mass is 297 g/mol. The second kappa shape index (κ2) is 5.05. The molecule has 0 aliphatic rings. The van der Waals surface area contributed by atoms with Crippen LogP contribution in [0, 0.1) is 0 Å². The van der Waals surface area contributed by atoms with Gasteiger partial charge < -0.3 is 11.2 Å². The van der Waals surface area contributed by atoms with Gasteiger partial charge in [-0.25, -0.2) is 5.43 Å². The minimum atomic E-state index is -0.391. The van der Waals surface area contributed by atoms with E-state index in [1.807, 2.05) is 18.2 Å². The van der Waals surface area contributed by atoms with Crippen molar-refractivity contribution >= 4 is 45.0 Å². The molecule has 0 heterocycles. The number of fused-ring (bicyclic) bond motifs is 1. The number of nitrogens with one attached hydrogen (secondary N) is 2. The van der Waals surface area contributed by atoms with Gasteiger partial charge in [-0.15, -0.1) is 12.6 Å². The lowest BCUT2D eigenvalue weighted by Gasteiger charge is -2.11. The SMILES string of the molecule is NC(S)NNc1ccc2ccc(Br)cc2c1. The van der Waals surface area contributed by atoms with Crippen LogP contribution in [0.1, 0.15) is 0 Å². The molecule has 0 radical (unpaired) electrons. The molecular formula is C11H12BrN3S. The number of halogens is 1. The molecule has 0 saturated carbocycles. The maximum Gasteiger partial charge on any atom is 0.117 e. The van der Waals surface area contributed by atoms with Crippen molar-refractivity contribution in [3.63, 3.8) is 0 Å². The minimum Gasteiger partial charge on any atom is -0.319 e. The first kappa shape index (κ1) is 11.7. The second-order valence-corrected chi connectivity index (χ2v) is 4.89. The highest BCUT2D eigenvalue weighted by molar-refractivity contribution is 9.10. The van der Waals surface area contributed by atoms with Gasteiger partial charge in [0.1, 0.15) is 5.50 Å². The van der Waals surface area contributed by atoms with E-state index >= 15 is 0 Å². The van der Waals surface area contributed by atoms with Crippen molar-refractivity contribution in [1.82, 2.24) is 5.43 Å². The maximum absolute atomic E-state index is 5.46. The number of rotatable bonds is 3. The lowest BCUT2D eigenvalue weighted by Crippen LogP contribution is -2.36. The van der Waals surface area contributed by atoms with E-state index in [1.54, 1.807) is 0 Å². The zero-order valence-corrected chi connectivity index (χ0v) is 10.9. The molecule has 0 fully saturated rings. The van der Waals surface area contributed by atoms with Crippen LogP contribution in [0.3, 0.4) is 0 Å². The molecule has 1 atom stereocenters. The lowest BCUT2D eigenvalue weighted by atomic mass is 10.1. The minimum absolute atomic E-state index is 0.391. The highest BCUT2D eigenvalue weighted by Gasteiger charge is 1.98. The summed E-state index contributed by atoms with van der Waals surface area (Å²) in [5, 5.41) is 2.36. The van der Waals surface area contributed by atoms with Crippen molar-refractivity contribution in [3.05, 3.63) is 40.9 Å². The standard InChI is InChI=1S/C11H12BrN3S/c12-9-3-1-7-2-4-10(6-8(7)5-9)14-15-11(13)16/h1-6,11,14-16H,13H2. The van der Waals surface area contributed by atoms with E-state index in [2.05, 4.69) is 57.6 Å². The van der Waals surface area contributed by atoms with Crippen molar-refractivity contribution < 1.29 is 0 Å². The van der Waals surface area contributed by atoms with Crippen molar-refractivity contribution in [2.45, 2.75) is 5.50 Å². The first-order valence-electron chi connectivity index (χ1n) is 4.80. The molecule has 3 nitrogen and oxygen atoms in total. The summed E-state index contributed by atoms with van der Waals surface area (Å²) >= 11 is 7.47. The Bertz CT molecular complexity index is 502. The summed E-state index contributed by atoms with van der Waals surface area (Å²) < 4.78 is 1.07. The quantitative estimate of drug-likeness (QED) is 0.400. The normalized spacial score (nSPS) is 12.7. The first-order valence-corrected chi connectivity index (χ1v) is 6.10. The summed E-state index contributed by atoms with van der Waals surface area (Å²) in [6, 6.07) is 12.2. The fourth-order valence-corrected chi connectivity index (χ4v) is 1.90. The number of benzene rings is 2. The van der Waals surface area contributed by atoms with E-state index in [0.717, 1.165) is 15.5 Å². The molecule has 1 unspecified atom stereocenters. The molecule has 0 aliphatic heterocycles. The molecule has 2 aromatic carbocycles. The molecule has 0 saturated heterocycles. The summed E-state index contributed by atoms with van der Waals surface area (Å²) in [5.41, 5.74) is 11.8. The van der Waals surface area contributed by atoms with Crippen LogP contribution in [-0.4, -0.2) is 5.50 Å². The van der Waals surface area contributed by atoms with Crippen LogP contribution in [-0.2, 0) is 0 Å². The number of nitrogens with two attached hydrogens (primary N) is 1. The van der Waals surface area contributed by atoms with Crippen LogP contribution in [0.15, 0.2) is 40.9 Å². The molecule has 5 heteroatoms. The van der Waals surface area contributed by atoms with E-state index in [9.17, 15) is 0 Å². The van der Waals surface area contributed by atoms with Gasteiger partial charge in [0.25, 0.3) is 0 Å². The molecule has 0 bridgehead atoms. The van der Waals surface area contributed by atoms with E-state index in [-0.39, 0.29) is 0 Å². The number of hydrogen-bond acceptors (Lipinski definition) is 4. The third-order valence-corrected chi connectivity index (χ3v) is 2.79. The number of hydrogen-bond donors (Lipinski definition) is 4. The van der Waals surface area contributed by atoms with Crippen LogP contribution in [0.4, 0.5) is 5.69 Å². The highest BCUT2D eigenvalue weighted by Crippen LogP contribution is 2.22. The Morgan fingerprint density at radius 1 is 1.12 bits per heavy atom. The predicted octanol–water partition coefficient (Wildman–Crippen LogP) is 2.69. The molecule has 0 aliphatic carbocycles. The Morgan fingerprint density at radius 3 is 2.62 bits per heavy atom. The number of hydrazine groups is 1.